The van der Waals surface area contributed by atoms with E-state index in [0.717, 1.165) is 34.1 Å². The van der Waals surface area contributed by atoms with Crippen molar-refractivity contribution in [1.82, 2.24) is 4.98 Å². The minimum Gasteiger partial charge on any atom is -0.310 e. The highest BCUT2D eigenvalue weighted by atomic mass is 32.1. The molecule has 0 amide bonds. The quantitative estimate of drug-likeness (QED) is 0.186. The second kappa shape index (κ2) is 10.2. The maximum Gasteiger partial charge on any atom is 0.124 e. The summed E-state index contributed by atoms with van der Waals surface area (Å²) in [4.78, 5) is 9.15. The van der Waals surface area contributed by atoms with Crippen LogP contribution in [0, 0.1) is 0 Å². The molecular formula is C43H26N2S3. The zero-order chi connectivity index (χ0) is 31.3. The summed E-state index contributed by atoms with van der Waals surface area (Å²) in [7, 11) is 0. The van der Waals surface area contributed by atoms with Crippen molar-refractivity contribution in [2.45, 2.75) is 12.3 Å². The largest absolute Gasteiger partial charge is 0.310 e. The van der Waals surface area contributed by atoms with Crippen LogP contribution < -0.4 is 4.90 Å². The van der Waals surface area contributed by atoms with Gasteiger partial charge in [0.25, 0.3) is 0 Å². The maximum absolute atomic E-state index is 5.32. The Morgan fingerprint density at radius 1 is 0.562 bits per heavy atom. The van der Waals surface area contributed by atoms with E-state index in [1.807, 2.05) is 34.0 Å². The van der Waals surface area contributed by atoms with Crippen molar-refractivity contribution < 1.29 is 0 Å². The molecule has 48 heavy (non-hydrogen) atoms. The lowest BCUT2D eigenvalue weighted by Crippen LogP contribution is -2.09. The van der Waals surface area contributed by atoms with Crippen molar-refractivity contribution in [3.05, 3.63) is 149 Å². The fraction of sp³-hybridized carbons (Fsp3) is 0.0465. The minimum atomic E-state index is 0.420. The predicted molar refractivity (Wildman–Crippen MR) is 209 cm³/mol. The molecule has 226 valence electrons. The standard InChI is InChI=1S/C43H26N2S3/c1-3-16-36-30(12-1)32-20-18-28(23-38(32)46-36)45(29-19-21-33-31-13-2-4-17-37(31)47-39(33)24-29)27-11-5-10-26(22-27)43-44-41-34-14-6-8-25-9-7-15-35(40(25)34)42(41)48-43/h1-14,16-24,35H,15H2. The van der Waals surface area contributed by atoms with E-state index in [4.69, 9.17) is 4.98 Å². The molecule has 5 heteroatoms. The van der Waals surface area contributed by atoms with E-state index >= 15 is 0 Å². The number of thiophene rings is 2. The molecule has 9 aromatic rings. The van der Waals surface area contributed by atoms with Gasteiger partial charge in [0.05, 0.1) is 5.69 Å². The van der Waals surface area contributed by atoms with E-state index in [9.17, 15) is 0 Å². The van der Waals surface area contributed by atoms with E-state index in [1.54, 1.807) is 0 Å². The molecule has 3 heterocycles. The van der Waals surface area contributed by atoms with Crippen LogP contribution in [0.15, 0.2) is 133 Å². The molecule has 0 saturated heterocycles. The Balaban J connectivity index is 1.08. The third-order valence-corrected chi connectivity index (χ3v) is 13.5. The second-order valence-corrected chi connectivity index (χ2v) is 15.9. The molecule has 11 rings (SSSR count). The molecule has 0 N–H and O–H groups in total. The summed E-state index contributed by atoms with van der Waals surface area (Å²) < 4.78 is 5.25. The van der Waals surface area contributed by atoms with Crippen LogP contribution in [0.4, 0.5) is 17.1 Å². The Morgan fingerprint density at radius 3 is 1.94 bits per heavy atom. The van der Waals surface area contributed by atoms with Gasteiger partial charge in [-0.2, -0.15) is 0 Å². The smallest absolute Gasteiger partial charge is 0.124 e. The van der Waals surface area contributed by atoms with E-state index < -0.39 is 0 Å². The molecule has 0 fully saturated rings. The number of hydrogen-bond donors (Lipinski definition) is 0. The molecule has 0 aliphatic heterocycles. The van der Waals surface area contributed by atoms with Gasteiger partial charge in [0.1, 0.15) is 5.01 Å². The van der Waals surface area contributed by atoms with Crippen molar-refractivity contribution in [3.63, 3.8) is 0 Å². The summed E-state index contributed by atoms with van der Waals surface area (Å²) >= 11 is 5.60. The van der Waals surface area contributed by atoms with Crippen molar-refractivity contribution in [3.8, 4) is 21.8 Å². The summed E-state index contributed by atoms with van der Waals surface area (Å²) in [5.74, 6) is 0.420. The highest BCUT2D eigenvalue weighted by Crippen LogP contribution is 2.53. The third kappa shape index (κ3) is 3.93. The molecule has 3 aromatic heterocycles. The predicted octanol–water partition coefficient (Wildman–Crippen LogP) is 13.5. The van der Waals surface area contributed by atoms with Gasteiger partial charge in [0.15, 0.2) is 0 Å². The Bertz CT molecular complexity index is 2680. The van der Waals surface area contributed by atoms with E-state index in [-0.39, 0.29) is 0 Å². The highest BCUT2D eigenvalue weighted by molar-refractivity contribution is 7.26. The van der Waals surface area contributed by atoms with Gasteiger partial charge in [-0.15, -0.1) is 34.0 Å². The number of rotatable bonds is 4. The first-order valence-electron chi connectivity index (χ1n) is 16.3. The molecule has 0 radical (unpaired) electrons. The average Bonchev–Trinajstić information content (AvgIpc) is 3.89. The normalized spacial score (nSPS) is 14.7. The van der Waals surface area contributed by atoms with Crippen LogP contribution in [-0.4, -0.2) is 4.98 Å². The fourth-order valence-electron chi connectivity index (χ4n) is 7.83. The topological polar surface area (TPSA) is 16.1 Å². The molecule has 0 spiro atoms. The molecule has 2 aliphatic rings. The number of aromatic nitrogens is 1. The van der Waals surface area contributed by atoms with Crippen LogP contribution in [-0.2, 0) is 0 Å². The number of thiazole rings is 1. The molecule has 1 atom stereocenters. The van der Waals surface area contributed by atoms with Crippen LogP contribution in [0.3, 0.4) is 0 Å². The second-order valence-electron chi connectivity index (χ2n) is 12.7. The van der Waals surface area contributed by atoms with Crippen LogP contribution in [0.5, 0.6) is 0 Å². The first kappa shape index (κ1) is 26.9. The lowest BCUT2D eigenvalue weighted by atomic mass is 9.88. The summed E-state index contributed by atoms with van der Waals surface area (Å²) in [6.45, 7) is 0. The zero-order valence-corrected chi connectivity index (χ0v) is 28.1. The Labute approximate surface area is 289 Å². The van der Waals surface area contributed by atoms with E-state index in [0.29, 0.717) is 5.92 Å². The molecule has 2 nitrogen and oxygen atoms in total. The van der Waals surface area contributed by atoms with E-state index in [1.165, 1.54) is 67.6 Å². The Hall–Kier alpha value is -5.07. The number of fused-ring (bicyclic) bond motifs is 9. The average molecular weight is 667 g/mol. The first-order valence-corrected chi connectivity index (χ1v) is 18.8. The fourth-order valence-corrected chi connectivity index (χ4v) is 11.3. The number of hydrogen-bond acceptors (Lipinski definition) is 5. The van der Waals surface area contributed by atoms with Gasteiger partial charge in [-0.05, 0) is 66.1 Å². The van der Waals surface area contributed by atoms with Crippen LogP contribution in [0.1, 0.15) is 28.3 Å². The maximum atomic E-state index is 5.32. The SMILES string of the molecule is C1=Cc2cccc3c2C(C1)c1sc(-c2cccc(N(c4ccc5c(c4)sc4ccccc45)c4ccc5c(c4)sc4ccccc45)c2)nc1-3. The van der Waals surface area contributed by atoms with Gasteiger partial charge in [-0.25, -0.2) is 4.98 Å². The van der Waals surface area contributed by atoms with Gasteiger partial charge in [-0.1, -0.05) is 91.0 Å². The summed E-state index contributed by atoms with van der Waals surface area (Å²) in [5.41, 5.74) is 9.90. The van der Waals surface area contributed by atoms with Crippen molar-refractivity contribution in [1.29, 1.82) is 0 Å². The molecular weight excluding hydrogens is 641 g/mol. The van der Waals surface area contributed by atoms with Gasteiger partial charge >= 0.3 is 0 Å². The lowest BCUT2D eigenvalue weighted by molar-refractivity contribution is 0.859. The number of anilines is 3. The highest BCUT2D eigenvalue weighted by Gasteiger charge is 2.35. The Kier molecular flexibility index (Phi) is 5.73. The third-order valence-electron chi connectivity index (χ3n) is 9.97. The molecule has 0 bridgehead atoms. The summed E-state index contributed by atoms with van der Waals surface area (Å²) in [5, 5.41) is 6.36. The lowest BCUT2D eigenvalue weighted by Gasteiger charge is -2.26. The molecule has 6 aromatic carbocycles. The Morgan fingerprint density at radius 2 is 1.21 bits per heavy atom. The van der Waals surface area contributed by atoms with Crippen LogP contribution in [0.2, 0.25) is 0 Å². The van der Waals surface area contributed by atoms with Gasteiger partial charge in [0, 0.05) is 79.3 Å². The van der Waals surface area contributed by atoms with Crippen molar-refractivity contribution >= 4 is 97.5 Å². The number of nitrogens with zero attached hydrogens (tertiary/aromatic N) is 2. The minimum absolute atomic E-state index is 0.420. The first-order chi connectivity index (χ1) is 23.8. The molecule has 0 saturated carbocycles. The van der Waals surface area contributed by atoms with E-state index in [2.05, 4.69) is 144 Å². The molecule has 2 aliphatic carbocycles. The van der Waals surface area contributed by atoms with Gasteiger partial charge in [0.2, 0.25) is 0 Å². The molecule has 1 unspecified atom stereocenters. The van der Waals surface area contributed by atoms with Crippen LogP contribution in [0.25, 0.3) is 68.2 Å². The van der Waals surface area contributed by atoms with Crippen LogP contribution >= 0.6 is 34.0 Å². The zero-order valence-electron chi connectivity index (χ0n) is 25.7. The summed E-state index contributed by atoms with van der Waals surface area (Å²) in [6, 6.07) is 47.0. The van der Waals surface area contributed by atoms with Gasteiger partial charge in [-0.3, -0.25) is 0 Å². The monoisotopic (exact) mass is 666 g/mol. The number of allylic oxidation sites excluding steroid dienone is 1. The summed E-state index contributed by atoms with van der Waals surface area (Å²) in [6.07, 6.45) is 5.65. The van der Waals surface area contributed by atoms with Crippen molar-refractivity contribution in [2.24, 2.45) is 0 Å². The van der Waals surface area contributed by atoms with Gasteiger partial charge < -0.3 is 4.90 Å². The number of benzene rings is 6. The van der Waals surface area contributed by atoms with Crippen molar-refractivity contribution in [2.75, 3.05) is 4.90 Å².